The highest BCUT2D eigenvalue weighted by Gasteiger charge is 2.39. The van der Waals surface area contributed by atoms with Crippen molar-refractivity contribution in [2.45, 2.75) is 51.2 Å². The van der Waals surface area contributed by atoms with Crippen molar-refractivity contribution in [1.82, 2.24) is 20.9 Å². The Balaban J connectivity index is 2.76. The third-order valence-corrected chi connectivity index (χ3v) is 4.61. The molecular formula is C18H29N7O8. The first-order valence-corrected chi connectivity index (χ1v) is 10.0. The summed E-state index contributed by atoms with van der Waals surface area (Å²) < 4.78 is 0. The van der Waals surface area contributed by atoms with E-state index in [1.807, 2.05) is 0 Å². The molecule has 0 spiro atoms. The highest BCUT2D eigenvalue weighted by atomic mass is 16.4. The number of guanidine groups is 1. The minimum atomic E-state index is -1.62. The molecule has 0 bridgehead atoms. The first-order chi connectivity index (χ1) is 15.3. The molecule has 1 aliphatic rings. The maximum atomic E-state index is 12.4. The van der Waals surface area contributed by atoms with E-state index in [1.54, 1.807) is 0 Å². The average Bonchev–Trinajstić information content (AvgIpc) is 2.95. The normalized spacial score (nSPS) is 17.2. The van der Waals surface area contributed by atoms with Crippen molar-refractivity contribution in [2.75, 3.05) is 13.1 Å². The number of carboxylic acids is 2. The number of rotatable bonds is 13. The molecule has 0 aromatic heterocycles. The molecule has 3 unspecified atom stereocenters. The highest BCUT2D eigenvalue weighted by Crippen LogP contribution is 2.11. The van der Waals surface area contributed by atoms with Gasteiger partial charge in [0.1, 0.15) is 24.7 Å². The Bertz CT molecular complexity index is 825. The Hall–Kier alpha value is -3.91. The number of carbonyl (C=O) groups is 6. The van der Waals surface area contributed by atoms with Crippen LogP contribution in [-0.2, 0) is 24.0 Å². The van der Waals surface area contributed by atoms with Crippen LogP contribution in [0.4, 0.5) is 4.79 Å². The Labute approximate surface area is 188 Å². The number of hydrogen-bond acceptors (Lipinski definition) is 7. The van der Waals surface area contributed by atoms with Crippen LogP contribution >= 0.6 is 0 Å². The smallest absolute Gasteiger partial charge is 0.326 e. The van der Waals surface area contributed by atoms with E-state index in [9.17, 15) is 33.9 Å². The molecule has 9 N–H and O–H groups in total. The lowest BCUT2D eigenvalue weighted by Gasteiger charge is -2.23. The maximum absolute atomic E-state index is 12.4. The molecule has 5 amide bonds. The van der Waals surface area contributed by atoms with Gasteiger partial charge in [-0.25, -0.2) is 9.59 Å². The number of carboxylic acid groups (broad SMARTS) is 2. The quantitative estimate of drug-likeness (QED) is 0.0626. The van der Waals surface area contributed by atoms with Crippen LogP contribution in [0.15, 0.2) is 4.99 Å². The van der Waals surface area contributed by atoms with Gasteiger partial charge in [-0.15, -0.1) is 0 Å². The predicted octanol–water partition coefficient (Wildman–Crippen LogP) is -2.85. The molecule has 0 aromatic carbocycles. The van der Waals surface area contributed by atoms with Gasteiger partial charge in [-0.05, 0) is 18.8 Å². The summed E-state index contributed by atoms with van der Waals surface area (Å²) in [6.45, 7) is 2.55. The third-order valence-electron chi connectivity index (χ3n) is 4.61. The van der Waals surface area contributed by atoms with Gasteiger partial charge >= 0.3 is 18.0 Å². The fourth-order valence-corrected chi connectivity index (χ4v) is 2.96. The number of urea groups is 1. The monoisotopic (exact) mass is 471 g/mol. The van der Waals surface area contributed by atoms with Crippen LogP contribution in [0.25, 0.3) is 0 Å². The molecule has 1 rings (SSSR count). The number of amides is 5. The van der Waals surface area contributed by atoms with Crippen LogP contribution in [0.5, 0.6) is 0 Å². The lowest BCUT2D eigenvalue weighted by Crippen LogP contribution is -2.55. The third kappa shape index (κ3) is 8.62. The predicted molar refractivity (Wildman–Crippen MR) is 113 cm³/mol. The van der Waals surface area contributed by atoms with Crippen LogP contribution in [0.2, 0.25) is 0 Å². The van der Waals surface area contributed by atoms with Crippen LogP contribution in [0.3, 0.4) is 0 Å². The maximum Gasteiger partial charge on any atom is 0.326 e. The number of nitrogens with two attached hydrogens (primary N) is 2. The van der Waals surface area contributed by atoms with Crippen molar-refractivity contribution < 1.29 is 39.0 Å². The standard InChI is InChI=1S/C18H29N7O8/c1-8(2)13(16(31)32)24-14(29)10(6-12(27)28)22-11(26)7-25-15(30)9(23-18(25)33)4-3-5-21-17(19)20/h8-10,13H,3-7H2,1-2H3,(H,22,26)(H,23,33)(H,24,29)(H,27,28)(H,31,32)(H4,19,20,21). The zero-order valence-corrected chi connectivity index (χ0v) is 18.2. The molecule has 184 valence electrons. The van der Waals surface area contributed by atoms with Crippen molar-refractivity contribution in [2.24, 2.45) is 22.4 Å². The molecule has 0 radical (unpaired) electrons. The molecule has 1 heterocycles. The summed E-state index contributed by atoms with van der Waals surface area (Å²) in [5.41, 5.74) is 10.4. The number of aliphatic imine (C=N–C) groups is 1. The zero-order chi connectivity index (χ0) is 25.3. The molecule has 1 aliphatic heterocycles. The van der Waals surface area contributed by atoms with E-state index < -0.39 is 72.7 Å². The molecule has 15 heteroatoms. The second-order valence-electron chi connectivity index (χ2n) is 7.66. The van der Waals surface area contributed by atoms with Crippen molar-refractivity contribution >= 4 is 41.7 Å². The molecule has 33 heavy (non-hydrogen) atoms. The summed E-state index contributed by atoms with van der Waals surface area (Å²) in [4.78, 5) is 76.0. The molecule has 0 aliphatic carbocycles. The van der Waals surface area contributed by atoms with Gasteiger partial charge in [-0.1, -0.05) is 13.8 Å². The largest absolute Gasteiger partial charge is 0.481 e. The van der Waals surface area contributed by atoms with Crippen LogP contribution in [0.1, 0.15) is 33.1 Å². The van der Waals surface area contributed by atoms with Crippen LogP contribution in [-0.4, -0.2) is 88.0 Å². The van der Waals surface area contributed by atoms with Gasteiger partial charge in [-0.3, -0.25) is 29.1 Å². The molecule has 1 fully saturated rings. The van der Waals surface area contributed by atoms with Crippen LogP contribution < -0.4 is 27.4 Å². The van der Waals surface area contributed by atoms with Crippen molar-refractivity contribution in [3.05, 3.63) is 0 Å². The average molecular weight is 471 g/mol. The van der Waals surface area contributed by atoms with E-state index in [4.69, 9.17) is 16.6 Å². The SMILES string of the molecule is CC(C)C(NC(=O)C(CC(=O)O)NC(=O)CN1C(=O)NC(CCCN=C(N)N)C1=O)C(=O)O. The number of nitrogens with one attached hydrogen (secondary N) is 3. The Kier molecular flexibility index (Phi) is 10.0. The summed E-state index contributed by atoms with van der Waals surface area (Å²) in [6.07, 6.45) is -0.235. The first-order valence-electron chi connectivity index (χ1n) is 10.0. The Morgan fingerprint density at radius 1 is 1.15 bits per heavy atom. The van der Waals surface area contributed by atoms with Gasteiger partial charge < -0.3 is 37.6 Å². The number of nitrogens with zero attached hydrogens (tertiary/aromatic N) is 2. The fraction of sp³-hybridized carbons (Fsp3) is 0.611. The summed E-state index contributed by atoms with van der Waals surface area (Å²) >= 11 is 0. The topological polar surface area (TPSA) is 247 Å². The van der Waals surface area contributed by atoms with E-state index in [-0.39, 0.29) is 18.9 Å². The van der Waals surface area contributed by atoms with Gasteiger partial charge in [-0.2, -0.15) is 0 Å². The first kappa shape index (κ1) is 27.1. The van der Waals surface area contributed by atoms with Gasteiger partial charge in [0.2, 0.25) is 11.8 Å². The number of carbonyl (C=O) groups excluding carboxylic acids is 4. The molecule has 1 saturated heterocycles. The lowest BCUT2D eigenvalue weighted by atomic mass is 10.0. The Morgan fingerprint density at radius 2 is 1.79 bits per heavy atom. The van der Waals surface area contributed by atoms with E-state index in [0.29, 0.717) is 11.3 Å². The molecule has 0 saturated carbocycles. The van der Waals surface area contributed by atoms with Gasteiger partial charge in [0.15, 0.2) is 5.96 Å². The molecule has 0 aromatic rings. The summed E-state index contributed by atoms with van der Waals surface area (Å²) in [5, 5.41) is 25.0. The molecule has 3 atom stereocenters. The highest BCUT2D eigenvalue weighted by molar-refractivity contribution is 6.06. The number of imide groups is 1. The Morgan fingerprint density at radius 3 is 2.30 bits per heavy atom. The summed E-state index contributed by atoms with van der Waals surface area (Å²) in [5.74, 6) is -6.06. The van der Waals surface area contributed by atoms with E-state index >= 15 is 0 Å². The minimum Gasteiger partial charge on any atom is -0.481 e. The fourth-order valence-electron chi connectivity index (χ4n) is 2.96. The van der Waals surface area contributed by atoms with Gasteiger partial charge in [0.05, 0.1) is 6.42 Å². The second-order valence-corrected chi connectivity index (χ2v) is 7.66. The van der Waals surface area contributed by atoms with E-state index in [1.165, 1.54) is 13.8 Å². The lowest BCUT2D eigenvalue weighted by molar-refractivity contribution is -0.144. The summed E-state index contributed by atoms with van der Waals surface area (Å²) in [6, 6.07) is -4.64. The van der Waals surface area contributed by atoms with Crippen molar-refractivity contribution in [3.8, 4) is 0 Å². The zero-order valence-electron chi connectivity index (χ0n) is 18.2. The van der Waals surface area contributed by atoms with Crippen molar-refractivity contribution in [1.29, 1.82) is 0 Å². The van der Waals surface area contributed by atoms with Crippen LogP contribution in [0, 0.1) is 5.92 Å². The summed E-state index contributed by atoms with van der Waals surface area (Å²) in [7, 11) is 0. The van der Waals surface area contributed by atoms with Gasteiger partial charge in [0.25, 0.3) is 5.91 Å². The molecular weight excluding hydrogens is 442 g/mol. The minimum absolute atomic E-state index is 0.113. The molecule has 15 nitrogen and oxygen atoms in total. The van der Waals surface area contributed by atoms with Crippen molar-refractivity contribution in [3.63, 3.8) is 0 Å². The van der Waals surface area contributed by atoms with Gasteiger partial charge in [0, 0.05) is 6.54 Å². The number of aliphatic carboxylic acids is 2. The van der Waals surface area contributed by atoms with E-state index in [0.717, 1.165) is 0 Å². The number of hydrogen-bond donors (Lipinski definition) is 7. The van der Waals surface area contributed by atoms with E-state index in [2.05, 4.69) is 20.9 Å². The second kappa shape index (κ2) is 12.2.